The fraction of sp³-hybridized carbons (Fsp3) is 0.562. The predicted molar refractivity (Wildman–Crippen MR) is 90.5 cm³/mol. The van der Waals surface area contributed by atoms with E-state index in [4.69, 9.17) is 17.3 Å². The molecule has 1 unspecified atom stereocenters. The van der Waals surface area contributed by atoms with Crippen LogP contribution in [0.4, 0.5) is 0 Å². The third-order valence-electron chi connectivity index (χ3n) is 3.81. The highest BCUT2D eigenvalue weighted by atomic mass is 35.5. The highest BCUT2D eigenvalue weighted by Gasteiger charge is 2.49. The molecule has 0 aromatic heterocycles. The van der Waals surface area contributed by atoms with E-state index in [0.29, 0.717) is 11.7 Å². The van der Waals surface area contributed by atoms with Crippen molar-refractivity contribution in [3.63, 3.8) is 0 Å². The Hall–Kier alpha value is -0.710. The number of amides is 1. The Morgan fingerprint density at radius 2 is 2.14 bits per heavy atom. The van der Waals surface area contributed by atoms with E-state index in [9.17, 15) is 4.79 Å². The maximum atomic E-state index is 12.1. The van der Waals surface area contributed by atoms with Crippen LogP contribution in [0.1, 0.15) is 32.3 Å². The quantitative estimate of drug-likeness (QED) is 0.771. The van der Waals surface area contributed by atoms with Gasteiger partial charge < -0.3 is 11.1 Å². The largest absolute Gasteiger partial charge is 0.368 e. The molecule has 5 heteroatoms. The second kappa shape index (κ2) is 7.03. The molecule has 0 saturated heterocycles. The number of halogens is 1. The minimum Gasteiger partial charge on any atom is -0.368 e. The Kier molecular flexibility index (Phi) is 5.58. The van der Waals surface area contributed by atoms with Crippen LogP contribution in [-0.4, -0.2) is 23.2 Å². The fourth-order valence-corrected chi connectivity index (χ4v) is 4.29. The summed E-state index contributed by atoms with van der Waals surface area (Å²) in [5.74, 6) is 1.62. The summed E-state index contributed by atoms with van der Waals surface area (Å²) in [7, 11) is 0. The molecular weight excluding hydrogens is 304 g/mol. The maximum absolute atomic E-state index is 12.1. The van der Waals surface area contributed by atoms with Crippen molar-refractivity contribution in [1.82, 2.24) is 5.32 Å². The lowest BCUT2D eigenvalue weighted by atomic mass is 9.93. The minimum absolute atomic E-state index is 0.231. The summed E-state index contributed by atoms with van der Waals surface area (Å²) in [6.45, 7) is 4.11. The van der Waals surface area contributed by atoms with E-state index in [-0.39, 0.29) is 11.9 Å². The van der Waals surface area contributed by atoms with Crippen LogP contribution in [0.3, 0.4) is 0 Å². The molecule has 1 aromatic rings. The zero-order valence-corrected chi connectivity index (χ0v) is 14.1. The lowest BCUT2D eigenvalue weighted by Gasteiger charge is -2.34. The molecule has 1 saturated carbocycles. The van der Waals surface area contributed by atoms with E-state index in [1.807, 2.05) is 24.3 Å². The van der Waals surface area contributed by atoms with Gasteiger partial charge in [-0.25, -0.2) is 0 Å². The van der Waals surface area contributed by atoms with Crippen molar-refractivity contribution < 1.29 is 4.79 Å². The minimum atomic E-state index is -0.583. The first kappa shape index (κ1) is 16.7. The Balaban J connectivity index is 2.02. The number of nitrogens with one attached hydrogen (secondary N) is 1. The average Bonchev–Trinajstić information content (AvgIpc) is 3.23. The number of thioether (sulfide) groups is 1. The van der Waals surface area contributed by atoms with Crippen LogP contribution in [-0.2, 0) is 10.5 Å². The lowest BCUT2D eigenvalue weighted by molar-refractivity contribution is -0.124. The molecule has 1 aliphatic carbocycles. The van der Waals surface area contributed by atoms with Gasteiger partial charge in [-0.15, -0.1) is 0 Å². The summed E-state index contributed by atoms with van der Waals surface area (Å²) in [5, 5.41) is 4.20. The maximum Gasteiger partial charge on any atom is 0.238 e. The van der Waals surface area contributed by atoms with Crippen molar-refractivity contribution in [2.45, 2.75) is 44.0 Å². The van der Waals surface area contributed by atoms with Gasteiger partial charge in [0.1, 0.15) is 5.54 Å². The molecule has 2 rings (SSSR count). The SMILES string of the molecule is CC(C)NC(CSCc1ccccc1Cl)(C(N)=O)C1CC1. The van der Waals surface area contributed by atoms with Gasteiger partial charge in [0.2, 0.25) is 5.91 Å². The molecule has 1 aromatic carbocycles. The Bertz CT molecular complexity index is 505. The molecule has 21 heavy (non-hydrogen) atoms. The molecule has 1 amide bonds. The standard InChI is InChI=1S/C16H23ClN2OS/c1-11(2)19-16(15(18)20,13-7-8-13)10-21-9-12-5-3-4-6-14(12)17/h3-6,11,13,19H,7-10H2,1-2H3,(H2,18,20). The summed E-state index contributed by atoms with van der Waals surface area (Å²) < 4.78 is 0. The molecular formula is C16H23ClN2OS. The second-order valence-corrected chi connectivity index (χ2v) is 7.39. The number of hydrogen-bond donors (Lipinski definition) is 2. The first-order chi connectivity index (χ1) is 9.95. The topological polar surface area (TPSA) is 55.1 Å². The number of carbonyl (C=O) groups is 1. The van der Waals surface area contributed by atoms with Crippen LogP contribution >= 0.6 is 23.4 Å². The number of benzene rings is 1. The normalized spacial score (nSPS) is 17.7. The molecule has 1 fully saturated rings. The van der Waals surface area contributed by atoms with Gasteiger partial charge in [0, 0.05) is 22.6 Å². The molecule has 3 N–H and O–H groups in total. The summed E-state index contributed by atoms with van der Waals surface area (Å²) in [6.07, 6.45) is 2.16. The van der Waals surface area contributed by atoms with Gasteiger partial charge >= 0.3 is 0 Å². The summed E-state index contributed by atoms with van der Waals surface area (Å²) >= 11 is 7.89. The van der Waals surface area contributed by atoms with Crippen molar-refractivity contribution >= 4 is 29.3 Å². The number of rotatable bonds is 8. The van der Waals surface area contributed by atoms with E-state index in [1.54, 1.807) is 11.8 Å². The van der Waals surface area contributed by atoms with Crippen LogP contribution in [0, 0.1) is 5.92 Å². The van der Waals surface area contributed by atoms with E-state index < -0.39 is 5.54 Å². The number of nitrogens with two attached hydrogens (primary N) is 1. The fourth-order valence-electron chi connectivity index (χ4n) is 2.65. The van der Waals surface area contributed by atoms with Gasteiger partial charge in [-0.05, 0) is 44.2 Å². The third kappa shape index (κ3) is 4.15. The zero-order valence-electron chi connectivity index (χ0n) is 12.6. The number of hydrogen-bond acceptors (Lipinski definition) is 3. The second-order valence-electron chi connectivity index (χ2n) is 5.99. The van der Waals surface area contributed by atoms with Gasteiger partial charge in [-0.1, -0.05) is 29.8 Å². The van der Waals surface area contributed by atoms with E-state index in [2.05, 4.69) is 19.2 Å². The van der Waals surface area contributed by atoms with E-state index in [0.717, 1.165) is 29.2 Å². The summed E-state index contributed by atoms with van der Waals surface area (Å²) in [4.78, 5) is 12.1. The number of carbonyl (C=O) groups excluding carboxylic acids is 1. The van der Waals surface area contributed by atoms with Crippen molar-refractivity contribution in [3.05, 3.63) is 34.9 Å². The van der Waals surface area contributed by atoms with Crippen LogP contribution in [0.15, 0.2) is 24.3 Å². The van der Waals surface area contributed by atoms with Gasteiger partial charge in [0.25, 0.3) is 0 Å². The Labute approximate surface area is 136 Å². The van der Waals surface area contributed by atoms with E-state index >= 15 is 0 Å². The smallest absolute Gasteiger partial charge is 0.238 e. The molecule has 1 aliphatic rings. The van der Waals surface area contributed by atoms with Crippen LogP contribution in [0.2, 0.25) is 5.02 Å². The summed E-state index contributed by atoms with van der Waals surface area (Å²) in [5.41, 5.74) is 6.25. The van der Waals surface area contributed by atoms with E-state index in [1.165, 1.54) is 0 Å². The first-order valence-electron chi connectivity index (χ1n) is 7.34. The molecule has 0 spiro atoms. The first-order valence-corrected chi connectivity index (χ1v) is 8.87. The van der Waals surface area contributed by atoms with Crippen LogP contribution < -0.4 is 11.1 Å². The molecule has 0 heterocycles. The molecule has 116 valence electrons. The molecule has 0 radical (unpaired) electrons. The van der Waals surface area contributed by atoms with Crippen molar-refractivity contribution in [2.75, 3.05) is 5.75 Å². The highest BCUT2D eigenvalue weighted by molar-refractivity contribution is 7.98. The van der Waals surface area contributed by atoms with Crippen molar-refractivity contribution in [3.8, 4) is 0 Å². The van der Waals surface area contributed by atoms with Crippen molar-refractivity contribution in [1.29, 1.82) is 0 Å². The van der Waals surface area contributed by atoms with Gasteiger partial charge in [0.15, 0.2) is 0 Å². The Morgan fingerprint density at radius 1 is 1.48 bits per heavy atom. The molecule has 0 bridgehead atoms. The number of primary amides is 1. The zero-order chi connectivity index (χ0) is 15.5. The van der Waals surface area contributed by atoms with Gasteiger partial charge in [-0.2, -0.15) is 11.8 Å². The van der Waals surface area contributed by atoms with Crippen LogP contribution in [0.25, 0.3) is 0 Å². The highest BCUT2D eigenvalue weighted by Crippen LogP contribution is 2.42. The molecule has 1 atom stereocenters. The monoisotopic (exact) mass is 326 g/mol. The predicted octanol–water partition coefficient (Wildman–Crippen LogP) is 3.21. The lowest BCUT2D eigenvalue weighted by Crippen LogP contribution is -2.61. The molecule has 0 aliphatic heterocycles. The van der Waals surface area contributed by atoms with Gasteiger partial charge in [-0.3, -0.25) is 4.79 Å². The van der Waals surface area contributed by atoms with Crippen LogP contribution in [0.5, 0.6) is 0 Å². The van der Waals surface area contributed by atoms with Crippen molar-refractivity contribution in [2.24, 2.45) is 11.7 Å². The Morgan fingerprint density at radius 3 is 2.67 bits per heavy atom. The average molecular weight is 327 g/mol. The summed E-state index contributed by atoms with van der Waals surface area (Å²) in [6, 6.07) is 8.06. The van der Waals surface area contributed by atoms with Gasteiger partial charge in [0.05, 0.1) is 0 Å². The third-order valence-corrected chi connectivity index (χ3v) is 5.35. The molecule has 3 nitrogen and oxygen atoms in total.